The topological polar surface area (TPSA) is 0 Å². The van der Waals surface area contributed by atoms with Crippen molar-refractivity contribution in [1.82, 2.24) is 0 Å². The van der Waals surface area contributed by atoms with Crippen LogP contribution in [0, 0.1) is 0 Å². The zero-order chi connectivity index (χ0) is 3.54. The molecule has 32 valence electrons. The van der Waals surface area contributed by atoms with E-state index in [-0.39, 0.29) is 17.6 Å². The van der Waals surface area contributed by atoms with Crippen LogP contribution in [0.15, 0.2) is 12.2 Å². The molecule has 0 aliphatic heterocycles. The number of hydrogen-bond acceptors (Lipinski definition) is 0. The van der Waals surface area contributed by atoms with Gasteiger partial charge in [0, 0.05) is 17.6 Å². The quantitative estimate of drug-likeness (QED) is 0.352. The smallest absolute Gasteiger partial charge is 0 e. The summed E-state index contributed by atoms with van der Waals surface area (Å²) in [6.07, 6.45) is 8.50. The Bertz CT molecular complexity index is 41.9. The second-order valence-corrected chi connectivity index (χ2v) is 1.40. The fraction of sp³-hybridized carbons (Fsp3) is 0.600. The van der Waals surface area contributed by atoms with Crippen LogP contribution in [0.25, 0.3) is 0 Å². The third-order valence-electron chi connectivity index (χ3n) is 0.908. The van der Waals surface area contributed by atoms with Crippen molar-refractivity contribution in [3.8, 4) is 0 Å². The summed E-state index contributed by atoms with van der Waals surface area (Å²) in [4.78, 5) is 0. The molecule has 0 spiro atoms. The summed E-state index contributed by atoms with van der Waals surface area (Å²) in [6.45, 7) is 0. The van der Waals surface area contributed by atoms with Crippen LogP contribution in [-0.2, 0) is 0 Å². The SMILES string of the molecule is C1=CCCC1.[Ge]. The molecule has 0 amide bonds. The third kappa shape index (κ3) is 1.65. The van der Waals surface area contributed by atoms with Crippen LogP contribution in [0.2, 0.25) is 0 Å². The Morgan fingerprint density at radius 2 is 1.50 bits per heavy atom. The van der Waals surface area contributed by atoms with Gasteiger partial charge in [-0.25, -0.2) is 0 Å². The summed E-state index contributed by atoms with van der Waals surface area (Å²) in [5, 5.41) is 0. The Morgan fingerprint density at radius 3 is 1.67 bits per heavy atom. The molecule has 0 unspecified atom stereocenters. The Kier molecular flexibility index (Phi) is 3.64. The zero-order valence-corrected chi connectivity index (χ0v) is 5.87. The molecule has 0 atom stereocenters. The average molecular weight is 141 g/mol. The van der Waals surface area contributed by atoms with Crippen LogP contribution in [0.1, 0.15) is 19.3 Å². The van der Waals surface area contributed by atoms with Gasteiger partial charge >= 0.3 is 0 Å². The minimum absolute atomic E-state index is 0. The Morgan fingerprint density at radius 1 is 1.00 bits per heavy atom. The Balaban J connectivity index is 0.000000250. The molecule has 0 saturated carbocycles. The molecule has 0 heterocycles. The van der Waals surface area contributed by atoms with Crippen LogP contribution in [0.3, 0.4) is 0 Å². The predicted molar refractivity (Wildman–Crippen MR) is 28.7 cm³/mol. The van der Waals surface area contributed by atoms with Gasteiger partial charge in [-0.15, -0.1) is 0 Å². The van der Waals surface area contributed by atoms with Gasteiger partial charge in [0.1, 0.15) is 0 Å². The molecule has 0 nitrogen and oxygen atoms in total. The van der Waals surface area contributed by atoms with Crippen LogP contribution in [0.5, 0.6) is 0 Å². The number of hydrogen-bond donors (Lipinski definition) is 0. The first-order valence-corrected chi connectivity index (χ1v) is 2.15. The van der Waals surface area contributed by atoms with Crippen molar-refractivity contribution in [2.75, 3.05) is 0 Å². The molecule has 0 N–H and O–H groups in total. The van der Waals surface area contributed by atoms with Crippen molar-refractivity contribution >= 4 is 17.6 Å². The van der Waals surface area contributed by atoms with Gasteiger partial charge in [0.15, 0.2) is 0 Å². The zero-order valence-electron chi connectivity index (χ0n) is 3.78. The first-order chi connectivity index (χ1) is 2.50. The third-order valence-corrected chi connectivity index (χ3v) is 0.908. The van der Waals surface area contributed by atoms with Crippen LogP contribution >= 0.6 is 0 Å². The van der Waals surface area contributed by atoms with Crippen molar-refractivity contribution in [1.29, 1.82) is 0 Å². The standard InChI is InChI=1S/C5H8.Ge/c1-2-4-5-3-1;/h1-2H,3-5H2;. The molecule has 1 aliphatic carbocycles. The Labute approximate surface area is 49.6 Å². The van der Waals surface area contributed by atoms with Gasteiger partial charge in [-0.2, -0.15) is 0 Å². The molecular weight excluding hydrogens is 133 g/mol. The van der Waals surface area contributed by atoms with E-state index >= 15 is 0 Å². The largest absolute Gasteiger partial charge is 0.0885 e. The first kappa shape index (κ1) is 6.28. The van der Waals surface area contributed by atoms with E-state index in [1.165, 1.54) is 19.3 Å². The van der Waals surface area contributed by atoms with Crippen LogP contribution < -0.4 is 0 Å². The van der Waals surface area contributed by atoms with E-state index < -0.39 is 0 Å². The van der Waals surface area contributed by atoms with E-state index in [4.69, 9.17) is 0 Å². The average Bonchev–Trinajstić information content (AvgIpc) is 1.76. The van der Waals surface area contributed by atoms with Crippen LogP contribution in [0.4, 0.5) is 0 Å². The maximum absolute atomic E-state index is 2.24. The molecule has 0 aromatic carbocycles. The minimum Gasteiger partial charge on any atom is -0.0885 e. The van der Waals surface area contributed by atoms with Gasteiger partial charge in [-0.05, 0) is 19.3 Å². The van der Waals surface area contributed by atoms with Gasteiger partial charge in [-0.3, -0.25) is 0 Å². The van der Waals surface area contributed by atoms with E-state index in [0.29, 0.717) is 0 Å². The van der Waals surface area contributed by atoms with Crippen molar-refractivity contribution in [2.45, 2.75) is 19.3 Å². The van der Waals surface area contributed by atoms with Crippen molar-refractivity contribution in [3.63, 3.8) is 0 Å². The van der Waals surface area contributed by atoms with E-state index in [9.17, 15) is 0 Å². The molecule has 1 rings (SSSR count). The summed E-state index contributed by atoms with van der Waals surface area (Å²) in [5.41, 5.74) is 0. The van der Waals surface area contributed by atoms with Crippen molar-refractivity contribution in [2.24, 2.45) is 0 Å². The molecule has 4 radical (unpaired) electrons. The summed E-state index contributed by atoms with van der Waals surface area (Å²) >= 11 is 0. The van der Waals surface area contributed by atoms with E-state index in [0.717, 1.165) is 0 Å². The monoisotopic (exact) mass is 142 g/mol. The van der Waals surface area contributed by atoms with Crippen molar-refractivity contribution < 1.29 is 0 Å². The fourth-order valence-electron chi connectivity index (χ4n) is 0.589. The fourth-order valence-corrected chi connectivity index (χ4v) is 0.589. The molecular formula is C5H8Ge. The molecule has 6 heavy (non-hydrogen) atoms. The Hall–Kier alpha value is 0.283. The van der Waals surface area contributed by atoms with E-state index in [1.807, 2.05) is 0 Å². The summed E-state index contributed by atoms with van der Waals surface area (Å²) < 4.78 is 0. The van der Waals surface area contributed by atoms with Gasteiger partial charge in [0.25, 0.3) is 0 Å². The minimum atomic E-state index is 0. The number of allylic oxidation sites excluding steroid dienone is 2. The summed E-state index contributed by atoms with van der Waals surface area (Å²) in [7, 11) is 0. The normalized spacial score (nSPS) is 17.3. The molecule has 0 saturated heterocycles. The molecule has 1 heteroatoms. The maximum atomic E-state index is 2.24. The predicted octanol–water partition coefficient (Wildman–Crippen LogP) is 1.35. The van der Waals surface area contributed by atoms with E-state index in [1.54, 1.807) is 0 Å². The van der Waals surface area contributed by atoms with Crippen LogP contribution in [-0.4, -0.2) is 17.6 Å². The van der Waals surface area contributed by atoms with Gasteiger partial charge in [-0.1, -0.05) is 12.2 Å². The van der Waals surface area contributed by atoms with Crippen molar-refractivity contribution in [3.05, 3.63) is 12.2 Å². The second-order valence-electron chi connectivity index (χ2n) is 1.40. The molecule has 0 bridgehead atoms. The number of rotatable bonds is 0. The first-order valence-electron chi connectivity index (χ1n) is 2.15. The van der Waals surface area contributed by atoms with Gasteiger partial charge in [0.05, 0.1) is 0 Å². The second kappa shape index (κ2) is 3.47. The van der Waals surface area contributed by atoms with E-state index in [2.05, 4.69) is 12.2 Å². The van der Waals surface area contributed by atoms with Gasteiger partial charge < -0.3 is 0 Å². The van der Waals surface area contributed by atoms with Gasteiger partial charge in [0.2, 0.25) is 0 Å². The molecule has 0 aromatic heterocycles. The maximum Gasteiger partial charge on any atom is 0 e. The molecule has 0 aromatic rings. The molecule has 1 aliphatic rings. The molecule has 0 fully saturated rings. The summed E-state index contributed by atoms with van der Waals surface area (Å²) in [5.74, 6) is 0. The summed E-state index contributed by atoms with van der Waals surface area (Å²) in [6, 6.07) is 0.